The lowest BCUT2D eigenvalue weighted by atomic mass is 10.1. The van der Waals surface area contributed by atoms with E-state index in [4.69, 9.17) is 5.14 Å². The number of nitrogens with two attached hydrogens (primary N) is 1. The van der Waals surface area contributed by atoms with E-state index in [1.807, 2.05) is 30.3 Å². The second-order valence-corrected chi connectivity index (χ2v) is 6.80. The molecule has 1 fully saturated rings. The van der Waals surface area contributed by atoms with Crippen LogP contribution < -0.4 is 10.7 Å². The third kappa shape index (κ3) is 3.36. The predicted octanol–water partition coefficient (Wildman–Crippen LogP) is 2.43. The molecule has 0 unspecified atom stereocenters. The van der Waals surface area contributed by atoms with E-state index in [2.05, 4.69) is 15.7 Å². The summed E-state index contributed by atoms with van der Waals surface area (Å²) < 4.78 is 2.30. The fraction of sp³-hybridized carbons (Fsp3) is 0.278. The zero-order chi connectivity index (χ0) is 15.8. The highest BCUT2D eigenvalue weighted by atomic mass is 32.2. The Kier molecular flexibility index (Phi) is 6.07. The Balaban J connectivity index is 0.00000113. The number of aromatic amines is 1. The molecule has 0 atom stereocenters. The second-order valence-electron chi connectivity index (χ2n) is 6.10. The lowest BCUT2D eigenvalue weighted by Crippen LogP contribution is -2.07. The minimum atomic E-state index is -0.0217. The maximum atomic E-state index is 12.4. The zero-order valence-corrected chi connectivity index (χ0v) is 14.6. The molecule has 0 amide bonds. The fourth-order valence-electron chi connectivity index (χ4n) is 3.63. The van der Waals surface area contributed by atoms with Gasteiger partial charge < -0.3 is 20.5 Å². The standard InChI is InChI=1S/C18H19N3OS.2H2O/c19-23-14-7-5-12(6-8-14)15-11-21(13-3-1-2-4-13)16-9-10-20-18(22)17(15)16;;/h5-11,13H,1-4,19H2,(H,20,22);2*1H2. The summed E-state index contributed by atoms with van der Waals surface area (Å²) in [7, 11) is 0. The van der Waals surface area contributed by atoms with E-state index in [0.717, 1.165) is 26.9 Å². The van der Waals surface area contributed by atoms with Crippen LogP contribution in [-0.4, -0.2) is 20.5 Å². The molecule has 1 aliphatic carbocycles. The van der Waals surface area contributed by atoms with Crippen LogP contribution in [0.4, 0.5) is 0 Å². The smallest absolute Gasteiger partial charge is 0.258 e. The van der Waals surface area contributed by atoms with Gasteiger partial charge in [-0.3, -0.25) is 9.93 Å². The van der Waals surface area contributed by atoms with Crippen molar-refractivity contribution in [3.05, 3.63) is 53.1 Å². The first kappa shape index (κ1) is 19.3. The largest absolute Gasteiger partial charge is 0.412 e. The number of rotatable bonds is 3. The van der Waals surface area contributed by atoms with Crippen LogP contribution in [0.25, 0.3) is 22.0 Å². The number of benzene rings is 1. The van der Waals surface area contributed by atoms with Crippen LogP contribution in [0.3, 0.4) is 0 Å². The number of aromatic nitrogens is 2. The van der Waals surface area contributed by atoms with Crippen molar-refractivity contribution in [2.24, 2.45) is 5.14 Å². The zero-order valence-electron chi connectivity index (χ0n) is 13.8. The Hall–Kier alpha value is -2.06. The number of nitrogens with zero attached hydrogens (tertiary/aromatic N) is 1. The van der Waals surface area contributed by atoms with Crippen molar-refractivity contribution in [1.82, 2.24) is 9.55 Å². The molecule has 6 nitrogen and oxygen atoms in total. The summed E-state index contributed by atoms with van der Waals surface area (Å²) in [6.45, 7) is 0. The van der Waals surface area contributed by atoms with Gasteiger partial charge in [0, 0.05) is 28.9 Å². The molecule has 2 heterocycles. The number of nitrogens with one attached hydrogen (secondary N) is 1. The van der Waals surface area contributed by atoms with E-state index in [9.17, 15) is 4.79 Å². The van der Waals surface area contributed by atoms with E-state index in [0.29, 0.717) is 6.04 Å². The molecule has 0 bridgehead atoms. The minimum absolute atomic E-state index is 0. The van der Waals surface area contributed by atoms with Gasteiger partial charge in [-0.1, -0.05) is 25.0 Å². The van der Waals surface area contributed by atoms with Gasteiger partial charge in [0.15, 0.2) is 0 Å². The van der Waals surface area contributed by atoms with Crippen LogP contribution in [0, 0.1) is 0 Å². The maximum Gasteiger partial charge on any atom is 0.258 e. The normalized spacial score (nSPS) is 14.3. The van der Waals surface area contributed by atoms with Gasteiger partial charge in [-0.2, -0.15) is 0 Å². The van der Waals surface area contributed by atoms with Crippen LogP contribution in [0.2, 0.25) is 0 Å². The molecule has 134 valence electrons. The summed E-state index contributed by atoms with van der Waals surface area (Å²) in [5.74, 6) is 0. The molecule has 1 saturated carbocycles. The highest BCUT2D eigenvalue weighted by molar-refractivity contribution is 7.97. The van der Waals surface area contributed by atoms with Gasteiger partial charge in [0.05, 0.1) is 10.9 Å². The topological polar surface area (TPSA) is 127 Å². The monoisotopic (exact) mass is 361 g/mol. The molecule has 4 rings (SSSR count). The molecule has 25 heavy (non-hydrogen) atoms. The second kappa shape index (κ2) is 7.88. The number of H-pyrrole nitrogens is 1. The first-order valence-electron chi connectivity index (χ1n) is 7.97. The molecule has 0 saturated heterocycles. The van der Waals surface area contributed by atoms with Gasteiger partial charge in [0.1, 0.15) is 0 Å². The predicted molar refractivity (Wildman–Crippen MR) is 103 cm³/mol. The quantitative estimate of drug-likeness (QED) is 0.695. The van der Waals surface area contributed by atoms with Crippen molar-refractivity contribution in [2.45, 2.75) is 36.6 Å². The Morgan fingerprint density at radius 3 is 2.40 bits per heavy atom. The van der Waals surface area contributed by atoms with Crippen LogP contribution in [0.5, 0.6) is 0 Å². The summed E-state index contributed by atoms with van der Waals surface area (Å²) >= 11 is 1.23. The number of fused-ring (bicyclic) bond motifs is 1. The Morgan fingerprint density at radius 1 is 1.08 bits per heavy atom. The highest BCUT2D eigenvalue weighted by Crippen LogP contribution is 2.36. The fourth-order valence-corrected chi connectivity index (χ4v) is 3.93. The molecular weight excluding hydrogens is 338 g/mol. The molecule has 7 heteroatoms. The van der Waals surface area contributed by atoms with E-state index < -0.39 is 0 Å². The van der Waals surface area contributed by atoms with E-state index in [1.165, 1.54) is 37.6 Å². The van der Waals surface area contributed by atoms with Gasteiger partial charge >= 0.3 is 0 Å². The summed E-state index contributed by atoms with van der Waals surface area (Å²) in [4.78, 5) is 16.3. The van der Waals surface area contributed by atoms with Crippen LogP contribution in [-0.2, 0) is 0 Å². The average Bonchev–Trinajstić information content (AvgIpc) is 3.23. The summed E-state index contributed by atoms with van der Waals surface area (Å²) in [5, 5.41) is 6.38. The molecule has 7 N–H and O–H groups in total. The van der Waals surface area contributed by atoms with Gasteiger partial charge in [-0.05, 0) is 48.6 Å². The molecule has 1 aromatic carbocycles. The molecule has 2 aromatic heterocycles. The molecule has 0 aliphatic heterocycles. The summed E-state index contributed by atoms with van der Waals surface area (Å²) in [6, 6.07) is 10.6. The van der Waals surface area contributed by atoms with Crippen molar-refractivity contribution >= 4 is 22.9 Å². The molecular formula is C18H23N3O3S. The lowest BCUT2D eigenvalue weighted by molar-refractivity contribution is 0.536. The minimum Gasteiger partial charge on any atom is -0.412 e. The first-order chi connectivity index (χ1) is 11.3. The van der Waals surface area contributed by atoms with Gasteiger partial charge in [0.2, 0.25) is 0 Å². The van der Waals surface area contributed by atoms with E-state index in [-0.39, 0.29) is 16.5 Å². The van der Waals surface area contributed by atoms with Gasteiger partial charge in [0.25, 0.3) is 5.56 Å². The van der Waals surface area contributed by atoms with E-state index in [1.54, 1.807) is 6.20 Å². The third-order valence-corrected chi connectivity index (χ3v) is 5.32. The number of hydrogen-bond donors (Lipinski definition) is 2. The van der Waals surface area contributed by atoms with Crippen LogP contribution in [0.1, 0.15) is 31.7 Å². The summed E-state index contributed by atoms with van der Waals surface area (Å²) in [5.41, 5.74) is 3.07. The highest BCUT2D eigenvalue weighted by Gasteiger charge is 2.21. The van der Waals surface area contributed by atoms with Crippen LogP contribution >= 0.6 is 11.9 Å². The summed E-state index contributed by atoms with van der Waals surface area (Å²) in [6.07, 6.45) is 8.82. The van der Waals surface area contributed by atoms with Gasteiger partial charge in [-0.25, -0.2) is 0 Å². The molecule has 3 aromatic rings. The van der Waals surface area contributed by atoms with E-state index >= 15 is 0 Å². The lowest BCUT2D eigenvalue weighted by Gasteiger charge is -2.12. The Morgan fingerprint density at radius 2 is 1.76 bits per heavy atom. The van der Waals surface area contributed by atoms with Crippen molar-refractivity contribution in [3.63, 3.8) is 0 Å². The van der Waals surface area contributed by atoms with Crippen molar-refractivity contribution < 1.29 is 11.0 Å². The average molecular weight is 361 g/mol. The number of pyridine rings is 1. The molecule has 0 spiro atoms. The Bertz CT molecular complexity index is 896. The van der Waals surface area contributed by atoms with Crippen molar-refractivity contribution in [1.29, 1.82) is 0 Å². The van der Waals surface area contributed by atoms with Crippen molar-refractivity contribution in [2.75, 3.05) is 0 Å². The third-order valence-electron chi connectivity index (χ3n) is 4.77. The SMILES string of the molecule is NSc1ccc(-c2cn(C3CCCC3)c3cc[nH]c(=O)c23)cc1.O.O. The molecule has 0 radical (unpaired) electrons. The molecule has 1 aliphatic rings. The van der Waals surface area contributed by atoms with Crippen LogP contribution in [0.15, 0.2) is 52.4 Å². The van der Waals surface area contributed by atoms with Crippen molar-refractivity contribution in [3.8, 4) is 11.1 Å². The number of hydrogen-bond acceptors (Lipinski definition) is 3. The Labute approximate surface area is 149 Å². The maximum absolute atomic E-state index is 12.4. The van der Waals surface area contributed by atoms with Gasteiger partial charge in [-0.15, -0.1) is 0 Å². The first-order valence-corrected chi connectivity index (χ1v) is 8.85.